The molecule has 1 aliphatic rings. The lowest BCUT2D eigenvalue weighted by molar-refractivity contribution is -0.158. The van der Waals surface area contributed by atoms with E-state index in [1.165, 1.54) is 6.39 Å². The van der Waals surface area contributed by atoms with Gasteiger partial charge in [-0.3, -0.25) is 19.3 Å². The van der Waals surface area contributed by atoms with E-state index in [0.29, 0.717) is 17.1 Å². The van der Waals surface area contributed by atoms with Gasteiger partial charge >= 0.3 is 0 Å². The standard InChI is InChI=1S/C15H14N4O5/c20-12(4-5-19-13(21)7-23-8-14(19)22)17-11-3-1-2-10(6-11)15-18-16-9-24-15/h1-3,6,9H,4-5,7-8H2,(H,17,20). The van der Waals surface area contributed by atoms with Crippen molar-refractivity contribution in [2.45, 2.75) is 6.42 Å². The van der Waals surface area contributed by atoms with E-state index in [9.17, 15) is 14.4 Å². The van der Waals surface area contributed by atoms with Crippen molar-refractivity contribution in [2.75, 3.05) is 25.1 Å². The fraction of sp³-hybridized carbons (Fsp3) is 0.267. The molecule has 0 saturated carbocycles. The summed E-state index contributed by atoms with van der Waals surface area (Å²) >= 11 is 0. The van der Waals surface area contributed by atoms with Gasteiger partial charge in [0.25, 0.3) is 11.8 Å². The summed E-state index contributed by atoms with van der Waals surface area (Å²) in [4.78, 5) is 36.2. The summed E-state index contributed by atoms with van der Waals surface area (Å²) in [6.07, 6.45) is 1.22. The first-order chi connectivity index (χ1) is 11.6. The highest BCUT2D eigenvalue weighted by Gasteiger charge is 2.26. The Labute approximate surface area is 136 Å². The Hall–Kier alpha value is -3.07. The third kappa shape index (κ3) is 3.63. The van der Waals surface area contributed by atoms with Crippen LogP contribution in [0.4, 0.5) is 5.69 Å². The van der Waals surface area contributed by atoms with Crippen LogP contribution in [-0.2, 0) is 19.1 Å². The fourth-order valence-corrected chi connectivity index (χ4v) is 2.24. The molecule has 1 aliphatic heterocycles. The van der Waals surface area contributed by atoms with Crippen LogP contribution in [-0.4, -0.2) is 52.6 Å². The molecular weight excluding hydrogens is 316 g/mol. The number of hydrogen-bond donors (Lipinski definition) is 1. The molecule has 2 aromatic rings. The van der Waals surface area contributed by atoms with E-state index in [1.54, 1.807) is 24.3 Å². The van der Waals surface area contributed by atoms with Crippen LogP contribution in [0, 0.1) is 0 Å². The van der Waals surface area contributed by atoms with Gasteiger partial charge in [0.2, 0.25) is 18.2 Å². The van der Waals surface area contributed by atoms with Gasteiger partial charge in [-0.25, -0.2) is 0 Å². The van der Waals surface area contributed by atoms with E-state index in [4.69, 9.17) is 9.15 Å². The topological polar surface area (TPSA) is 115 Å². The minimum atomic E-state index is -0.433. The third-order valence-electron chi connectivity index (χ3n) is 3.37. The number of benzene rings is 1. The second kappa shape index (κ2) is 7.01. The van der Waals surface area contributed by atoms with Gasteiger partial charge in [0.1, 0.15) is 13.2 Å². The molecule has 2 heterocycles. The van der Waals surface area contributed by atoms with Gasteiger partial charge in [-0.1, -0.05) is 6.07 Å². The summed E-state index contributed by atoms with van der Waals surface area (Å²) < 4.78 is 9.92. The molecule has 9 nitrogen and oxygen atoms in total. The van der Waals surface area contributed by atoms with Crippen molar-refractivity contribution < 1.29 is 23.5 Å². The molecule has 3 amide bonds. The molecule has 3 rings (SSSR count). The fourth-order valence-electron chi connectivity index (χ4n) is 2.24. The zero-order valence-corrected chi connectivity index (χ0v) is 12.6. The lowest BCUT2D eigenvalue weighted by Gasteiger charge is -2.24. The number of nitrogens with zero attached hydrogens (tertiary/aromatic N) is 3. The van der Waals surface area contributed by atoms with Crippen LogP contribution in [0.25, 0.3) is 11.5 Å². The van der Waals surface area contributed by atoms with Crippen molar-refractivity contribution in [3.05, 3.63) is 30.7 Å². The Morgan fingerprint density at radius 1 is 1.25 bits per heavy atom. The van der Waals surface area contributed by atoms with Crippen LogP contribution in [0.1, 0.15) is 6.42 Å². The number of ether oxygens (including phenoxy) is 1. The van der Waals surface area contributed by atoms with E-state index < -0.39 is 11.8 Å². The molecule has 0 atom stereocenters. The van der Waals surface area contributed by atoms with Crippen LogP contribution in [0.3, 0.4) is 0 Å². The first kappa shape index (κ1) is 15.8. The van der Waals surface area contributed by atoms with Gasteiger partial charge in [0, 0.05) is 24.2 Å². The normalized spacial score (nSPS) is 14.8. The Kier molecular flexibility index (Phi) is 4.62. The smallest absolute Gasteiger partial charge is 0.255 e. The Morgan fingerprint density at radius 2 is 2.04 bits per heavy atom. The molecule has 1 fully saturated rings. The molecular formula is C15H14N4O5. The second-order valence-corrected chi connectivity index (χ2v) is 5.05. The Bertz CT molecular complexity index is 743. The van der Waals surface area contributed by atoms with E-state index in [-0.39, 0.29) is 32.1 Å². The molecule has 0 unspecified atom stereocenters. The first-order valence-electron chi connectivity index (χ1n) is 7.21. The Balaban J connectivity index is 1.58. The number of anilines is 1. The lowest BCUT2D eigenvalue weighted by Crippen LogP contribution is -2.47. The van der Waals surface area contributed by atoms with Crippen LogP contribution < -0.4 is 5.32 Å². The summed E-state index contributed by atoms with van der Waals surface area (Å²) in [7, 11) is 0. The average Bonchev–Trinajstić information content (AvgIpc) is 3.09. The van der Waals surface area contributed by atoms with Crippen LogP contribution in [0.5, 0.6) is 0 Å². The third-order valence-corrected chi connectivity index (χ3v) is 3.37. The molecule has 0 radical (unpaired) electrons. The highest BCUT2D eigenvalue weighted by Crippen LogP contribution is 2.20. The molecule has 1 aromatic heterocycles. The number of imide groups is 1. The second-order valence-electron chi connectivity index (χ2n) is 5.05. The van der Waals surface area contributed by atoms with Gasteiger partial charge in [0.15, 0.2) is 0 Å². The predicted molar refractivity (Wildman–Crippen MR) is 80.5 cm³/mol. The van der Waals surface area contributed by atoms with E-state index in [1.807, 2.05) is 0 Å². The molecule has 1 N–H and O–H groups in total. The van der Waals surface area contributed by atoms with Crippen molar-refractivity contribution >= 4 is 23.4 Å². The van der Waals surface area contributed by atoms with Gasteiger partial charge in [-0.2, -0.15) is 0 Å². The summed E-state index contributed by atoms with van der Waals surface area (Å²) in [5.41, 5.74) is 1.22. The SMILES string of the molecule is O=C(CCN1C(=O)COCC1=O)Nc1cccc(-c2nnco2)c1. The van der Waals surface area contributed by atoms with Crippen molar-refractivity contribution in [1.29, 1.82) is 0 Å². The van der Waals surface area contributed by atoms with Gasteiger partial charge in [-0.15, -0.1) is 10.2 Å². The van der Waals surface area contributed by atoms with Crippen molar-refractivity contribution in [3.8, 4) is 11.5 Å². The number of amides is 3. The zero-order chi connectivity index (χ0) is 16.9. The van der Waals surface area contributed by atoms with Crippen LogP contribution in [0.15, 0.2) is 35.1 Å². The van der Waals surface area contributed by atoms with Gasteiger partial charge < -0.3 is 14.5 Å². The predicted octanol–water partition coefficient (Wildman–Crippen LogP) is 0.451. The molecule has 0 bridgehead atoms. The molecule has 124 valence electrons. The zero-order valence-electron chi connectivity index (χ0n) is 12.6. The molecule has 0 aliphatic carbocycles. The number of rotatable bonds is 5. The van der Waals surface area contributed by atoms with E-state index in [0.717, 1.165) is 4.90 Å². The first-order valence-corrected chi connectivity index (χ1v) is 7.21. The number of morpholine rings is 1. The number of carbonyl (C=O) groups is 3. The lowest BCUT2D eigenvalue weighted by atomic mass is 10.2. The average molecular weight is 330 g/mol. The van der Waals surface area contributed by atoms with Gasteiger partial charge in [-0.05, 0) is 18.2 Å². The highest BCUT2D eigenvalue weighted by atomic mass is 16.5. The number of aromatic nitrogens is 2. The number of carbonyl (C=O) groups excluding carboxylic acids is 3. The molecule has 1 saturated heterocycles. The largest absolute Gasteiger partial charge is 0.423 e. The summed E-state index contributed by atoms with van der Waals surface area (Å²) in [5, 5.41) is 10.1. The maximum absolute atomic E-state index is 12.0. The van der Waals surface area contributed by atoms with E-state index in [2.05, 4.69) is 15.5 Å². The number of nitrogens with one attached hydrogen (secondary N) is 1. The molecule has 24 heavy (non-hydrogen) atoms. The summed E-state index contributed by atoms with van der Waals surface area (Å²) in [6, 6.07) is 6.91. The number of hydrogen-bond acceptors (Lipinski definition) is 7. The Morgan fingerprint density at radius 3 is 2.75 bits per heavy atom. The minimum Gasteiger partial charge on any atom is -0.423 e. The van der Waals surface area contributed by atoms with Crippen molar-refractivity contribution in [3.63, 3.8) is 0 Å². The van der Waals surface area contributed by atoms with Gasteiger partial charge in [0.05, 0.1) is 0 Å². The molecule has 9 heteroatoms. The van der Waals surface area contributed by atoms with E-state index >= 15 is 0 Å². The molecule has 0 spiro atoms. The molecule has 1 aromatic carbocycles. The maximum Gasteiger partial charge on any atom is 0.255 e. The van der Waals surface area contributed by atoms with Crippen LogP contribution >= 0.6 is 0 Å². The summed E-state index contributed by atoms with van der Waals surface area (Å²) in [6.45, 7) is -0.255. The minimum absolute atomic E-state index is 0.00225. The monoisotopic (exact) mass is 330 g/mol. The van der Waals surface area contributed by atoms with Crippen LogP contribution in [0.2, 0.25) is 0 Å². The summed E-state index contributed by atoms with van der Waals surface area (Å²) in [5.74, 6) is -0.838. The van der Waals surface area contributed by atoms with Crippen molar-refractivity contribution in [1.82, 2.24) is 15.1 Å². The highest BCUT2D eigenvalue weighted by molar-refractivity contribution is 5.99. The maximum atomic E-state index is 12.0. The quantitative estimate of drug-likeness (QED) is 0.791. The van der Waals surface area contributed by atoms with Crippen molar-refractivity contribution in [2.24, 2.45) is 0 Å².